The third kappa shape index (κ3) is 1.68. The smallest absolute Gasteiger partial charge is 0.321 e. The summed E-state index contributed by atoms with van der Waals surface area (Å²) < 4.78 is 0. The van der Waals surface area contributed by atoms with Crippen LogP contribution in [0.1, 0.15) is 13.3 Å². The van der Waals surface area contributed by atoms with E-state index in [1.54, 1.807) is 0 Å². The number of nitrogens with one attached hydrogen (secondary N) is 2. The Hall–Kier alpha value is -0.650. The van der Waals surface area contributed by atoms with Gasteiger partial charge in [-0.1, -0.05) is 6.92 Å². The molecule has 3 atom stereocenters. The third-order valence-corrected chi connectivity index (χ3v) is 1.98. The van der Waals surface area contributed by atoms with E-state index < -0.39 is 12.0 Å². The Bertz CT molecular complexity index is 162. The van der Waals surface area contributed by atoms with E-state index >= 15 is 0 Å². The minimum Gasteiger partial charge on any atom is -0.480 e. The highest BCUT2D eigenvalue weighted by atomic mass is 16.5. The highest BCUT2D eigenvalue weighted by Gasteiger charge is 2.34. The van der Waals surface area contributed by atoms with Gasteiger partial charge in [0.05, 0.1) is 6.17 Å². The molecular weight excluding hydrogens is 148 g/mol. The predicted molar refractivity (Wildman–Crippen MR) is 37.1 cm³/mol. The van der Waals surface area contributed by atoms with Gasteiger partial charge < -0.3 is 10.3 Å². The Morgan fingerprint density at radius 3 is 2.64 bits per heavy atom. The van der Waals surface area contributed by atoms with Crippen molar-refractivity contribution in [3.8, 4) is 0 Å². The Morgan fingerprint density at radius 1 is 1.73 bits per heavy atom. The second-order valence-electron chi connectivity index (χ2n) is 2.88. The first-order chi connectivity index (χ1) is 5.15. The zero-order valence-corrected chi connectivity index (χ0v) is 6.24. The van der Waals surface area contributed by atoms with Crippen molar-refractivity contribution >= 4 is 5.97 Å². The van der Waals surface area contributed by atoms with Crippen LogP contribution in [0.15, 0.2) is 0 Å². The maximum Gasteiger partial charge on any atom is 0.321 e. The maximum atomic E-state index is 10.5. The third-order valence-electron chi connectivity index (χ3n) is 1.98. The van der Waals surface area contributed by atoms with Crippen LogP contribution in [0.4, 0.5) is 0 Å². The summed E-state index contributed by atoms with van der Waals surface area (Å²) in [5.74, 6) is -0.813. The van der Waals surface area contributed by atoms with E-state index in [0.717, 1.165) is 0 Å². The van der Waals surface area contributed by atoms with E-state index in [-0.39, 0.29) is 12.1 Å². The van der Waals surface area contributed by atoms with Gasteiger partial charge in [0, 0.05) is 0 Å². The lowest BCUT2D eigenvalue weighted by atomic mass is 10.0. The summed E-state index contributed by atoms with van der Waals surface area (Å²) in [6.07, 6.45) is 0.346. The number of rotatable bonds is 2. The standard InChI is InChI=1S/C6H12N2O3/c1-3-2-4(8-11)7-5(3)6(9)10/h3-5,7-8,11H,2H2,1H3,(H,9,10)/t3-,4-,5-/m1/s1. The molecule has 0 radical (unpaired) electrons. The van der Waals surface area contributed by atoms with Crippen LogP contribution in [0.25, 0.3) is 0 Å². The van der Waals surface area contributed by atoms with Crippen molar-refractivity contribution in [1.29, 1.82) is 0 Å². The number of aliphatic carboxylic acids is 1. The number of hydrogen-bond acceptors (Lipinski definition) is 4. The maximum absolute atomic E-state index is 10.5. The average molecular weight is 160 g/mol. The second kappa shape index (κ2) is 3.17. The molecule has 5 nitrogen and oxygen atoms in total. The first-order valence-corrected chi connectivity index (χ1v) is 3.53. The number of carboxylic acids is 1. The van der Waals surface area contributed by atoms with Crippen molar-refractivity contribution in [2.24, 2.45) is 5.92 Å². The Labute approximate surface area is 64.4 Å². The summed E-state index contributed by atoms with van der Waals surface area (Å²) in [5, 5.41) is 19.8. The van der Waals surface area contributed by atoms with Crippen LogP contribution in [0.5, 0.6) is 0 Å². The minimum absolute atomic E-state index is 0.0529. The van der Waals surface area contributed by atoms with Crippen molar-refractivity contribution in [2.45, 2.75) is 25.6 Å². The van der Waals surface area contributed by atoms with Crippen molar-refractivity contribution in [3.05, 3.63) is 0 Å². The highest BCUT2D eigenvalue weighted by Crippen LogP contribution is 2.17. The topological polar surface area (TPSA) is 81.6 Å². The Balaban J connectivity index is 2.51. The fourth-order valence-electron chi connectivity index (χ4n) is 1.36. The van der Waals surface area contributed by atoms with E-state index in [1.165, 1.54) is 0 Å². The van der Waals surface area contributed by atoms with E-state index in [2.05, 4.69) is 5.32 Å². The van der Waals surface area contributed by atoms with Crippen LogP contribution in [0.3, 0.4) is 0 Å². The summed E-state index contributed by atoms with van der Waals surface area (Å²) in [6.45, 7) is 1.84. The van der Waals surface area contributed by atoms with Gasteiger partial charge in [-0.05, 0) is 12.3 Å². The summed E-state index contributed by atoms with van der Waals surface area (Å²) in [4.78, 5) is 10.5. The van der Waals surface area contributed by atoms with E-state index in [4.69, 9.17) is 10.3 Å². The fourth-order valence-corrected chi connectivity index (χ4v) is 1.36. The minimum atomic E-state index is -0.866. The van der Waals surface area contributed by atoms with Gasteiger partial charge in [0.15, 0.2) is 0 Å². The van der Waals surface area contributed by atoms with Crippen LogP contribution in [0.2, 0.25) is 0 Å². The highest BCUT2D eigenvalue weighted by molar-refractivity contribution is 5.74. The van der Waals surface area contributed by atoms with Crippen LogP contribution in [-0.2, 0) is 4.79 Å². The van der Waals surface area contributed by atoms with Gasteiger partial charge in [0.25, 0.3) is 0 Å². The molecule has 0 aromatic rings. The van der Waals surface area contributed by atoms with Crippen molar-refractivity contribution in [1.82, 2.24) is 10.8 Å². The Kier molecular flexibility index (Phi) is 2.43. The molecule has 0 aromatic carbocycles. The molecule has 0 bridgehead atoms. The summed E-state index contributed by atoms with van der Waals surface area (Å²) in [6, 6.07) is -0.542. The SMILES string of the molecule is C[C@@H]1C[C@@H](NO)N[C@H]1C(=O)O. The summed E-state index contributed by atoms with van der Waals surface area (Å²) >= 11 is 0. The number of carboxylic acid groups (broad SMARTS) is 1. The lowest BCUT2D eigenvalue weighted by Crippen LogP contribution is -2.42. The van der Waals surface area contributed by atoms with E-state index in [0.29, 0.717) is 6.42 Å². The van der Waals surface area contributed by atoms with Crippen LogP contribution < -0.4 is 10.8 Å². The van der Waals surface area contributed by atoms with Crippen molar-refractivity contribution in [2.75, 3.05) is 0 Å². The molecule has 0 aliphatic carbocycles. The summed E-state index contributed by atoms with van der Waals surface area (Å²) in [7, 11) is 0. The molecule has 0 spiro atoms. The monoisotopic (exact) mass is 160 g/mol. The fraction of sp³-hybridized carbons (Fsp3) is 0.833. The van der Waals surface area contributed by atoms with Gasteiger partial charge in [-0.15, -0.1) is 0 Å². The van der Waals surface area contributed by atoms with E-state index in [1.807, 2.05) is 12.4 Å². The molecule has 1 aliphatic rings. The average Bonchev–Trinajstić information content (AvgIpc) is 2.30. The zero-order valence-electron chi connectivity index (χ0n) is 6.24. The number of hydrogen-bond donors (Lipinski definition) is 4. The lowest BCUT2D eigenvalue weighted by Gasteiger charge is -2.09. The van der Waals surface area contributed by atoms with Crippen LogP contribution >= 0.6 is 0 Å². The van der Waals surface area contributed by atoms with Crippen molar-refractivity contribution < 1.29 is 15.1 Å². The molecule has 0 amide bonds. The van der Waals surface area contributed by atoms with Gasteiger partial charge in [-0.25, -0.2) is 0 Å². The molecule has 64 valence electrons. The molecule has 0 unspecified atom stereocenters. The lowest BCUT2D eigenvalue weighted by molar-refractivity contribution is -0.140. The predicted octanol–water partition coefficient (Wildman–Crippen LogP) is -0.626. The van der Waals surface area contributed by atoms with Crippen LogP contribution in [0, 0.1) is 5.92 Å². The number of hydroxylamine groups is 1. The largest absolute Gasteiger partial charge is 0.480 e. The van der Waals surface area contributed by atoms with E-state index in [9.17, 15) is 4.79 Å². The first kappa shape index (κ1) is 8.45. The van der Waals surface area contributed by atoms with Crippen molar-refractivity contribution in [3.63, 3.8) is 0 Å². The van der Waals surface area contributed by atoms with Gasteiger partial charge in [-0.3, -0.25) is 10.1 Å². The Morgan fingerprint density at radius 2 is 2.36 bits per heavy atom. The molecule has 1 saturated heterocycles. The van der Waals surface area contributed by atoms with Crippen LogP contribution in [-0.4, -0.2) is 28.5 Å². The normalized spacial score (nSPS) is 37.5. The van der Waals surface area contributed by atoms with Gasteiger partial charge in [-0.2, -0.15) is 5.48 Å². The second-order valence-corrected chi connectivity index (χ2v) is 2.88. The molecule has 4 N–H and O–H groups in total. The zero-order chi connectivity index (χ0) is 8.43. The quantitative estimate of drug-likeness (QED) is 0.404. The molecule has 1 heterocycles. The molecule has 0 saturated carbocycles. The molecule has 1 aliphatic heterocycles. The number of carbonyl (C=O) groups is 1. The molecule has 5 heteroatoms. The van der Waals surface area contributed by atoms with Gasteiger partial charge in [0.2, 0.25) is 0 Å². The first-order valence-electron chi connectivity index (χ1n) is 3.53. The molecular formula is C6H12N2O3. The van der Waals surface area contributed by atoms with Gasteiger partial charge in [0.1, 0.15) is 6.04 Å². The molecule has 0 aromatic heterocycles. The van der Waals surface area contributed by atoms with Gasteiger partial charge >= 0.3 is 5.97 Å². The summed E-state index contributed by atoms with van der Waals surface area (Å²) in [5.41, 5.74) is 2.00. The molecule has 1 fully saturated rings. The molecule has 1 rings (SSSR count). The molecule has 11 heavy (non-hydrogen) atoms.